The van der Waals surface area contributed by atoms with Crippen molar-refractivity contribution in [1.82, 2.24) is 5.32 Å². The predicted octanol–water partition coefficient (Wildman–Crippen LogP) is 4.00. The molecule has 0 atom stereocenters. The Kier molecular flexibility index (Phi) is 6.77. The summed E-state index contributed by atoms with van der Waals surface area (Å²) in [7, 11) is 0. The van der Waals surface area contributed by atoms with Crippen LogP contribution in [-0.4, -0.2) is 23.7 Å². The van der Waals surface area contributed by atoms with Crippen LogP contribution in [0.15, 0.2) is 48.5 Å². The maximum atomic E-state index is 12.5. The van der Waals surface area contributed by atoms with Crippen LogP contribution in [0.1, 0.15) is 31.1 Å². The number of para-hydroxylation sites is 1. The minimum atomic E-state index is -0.324. The number of ether oxygens (including phenoxy) is 2. The SMILES string of the molecule is CCOc1cccc(NC(=S)NC(=O)c2ccccc2OC(C)C)c1. The number of benzene rings is 2. The molecule has 0 aliphatic rings. The highest BCUT2D eigenvalue weighted by molar-refractivity contribution is 7.80. The van der Waals surface area contributed by atoms with Gasteiger partial charge in [0.15, 0.2) is 5.11 Å². The zero-order chi connectivity index (χ0) is 18.2. The zero-order valence-corrected chi connectivity index (χ0v) is 15.4. The van der Waals surface area contributed by atoms with Crippen molar-refractivity contribution >= 4 is 28.9 Å². The molecule has 0 aliphatic heterocycles. The minimum absolute atomic E-state index is 0.0275. The molecule has 2 N–H and O–H groups in total. The Bertz CT molecular complexity index is 747. The largest absolute Gasteiger partial charge is 0.494 e. The first-order valence-electron chi connectivity index (χ1n) is 8.10. The highest BCUT2D eigenvalue weighted by atomic mass is 32.1. The molecule has 0 heterocycles. The molecule has 2 aromatic rings. The topological polar surface area (TPSA) is 59.6 Å². The van der Waals surface area contributed by atoms with Gasteiger partial charge >= 0.3 is 0 Å². The second-order valence-corrected chi connectivity index (χ2v) is 5.94. The molecule has 0 saturated carbocycles. The Balaban J connectivity index is 2.03. The van der Waals surface area contributed by atoms with E-state index in [2.05, 4.69) is 10.6 Å². The maximum absolute atomic E-state index is 12.5. The van der Waals surface area contributed by atoms with Crippen LogP contribution in [0.4, 0.5) is 5.69 Å². The number of carbonyl (C=O) groups excluding carboxylic acids is 1. The van der Waals surface area contributed by atoms with E-state index in [4.69, 9.17) is 21.7 Å². The molecule has 0 aliphatic carbocycles. The fourth-order valence-electron chi connectivity index (χ4n) is 2.17. The first-order valence-corrected chi connectivity index (χ1v) is 8.51. The third kappa shape index (κ3) is 5.76. The highest BCUT2D eigenvalue weighted by Gasteiger charge is 2.14. The molecule has 2 rings (SSSR count). The van der Waals surface area contributed by atoms with E-state index < -0.39 is 0 Å². The summed E-state index contributed by atoms with van der Waals surface area (Å²) < 4.78 is 11.1. The van der Waals surface area contributed by atoms with E-state index in [1.54, 1.807) is 18.2 Å². The molecule has 5 nitrogen and oxygen atoms in total. The van der Waals surface area contributed by atoms with Gasteiger partial charge in [-0.05, 0) is 57.3 Å². The lowest BCUT2D eigenvalue weighted by Gasteiger charge is -2.15. The van der Waals surface area contributed by atoms with Gasteiger partial charge in [-0.15, -0.1) is 0 Å². The second-order valence-electron chi connectivity index (χ2n) is 5.53. The van der Waals surface area contributed by atoms with Crippen molar-refractivity contribution in [3.8, 4) is 11.5 Å². The predicted molar refractivity (Wildman–Crippen MR) is 104 cm³/mol. The summed E-state index contributed by atoms with van der Waals surface area (Å²) in [6.07, 6.45) is -0.0275. The molecular weight excluding hydrogens is 336 g/mol. The van der Waals surface area contributed by atoms with E-state index in [1.165, 1.54) is 0 Å². The molecule has 0 bridgehead atoms. The van der Waals surface area contributed by atoms with Gasteiger partial charge in [0.05, 0.1) is 18.3 Å². The van der Waals surface area contributed by atoms with E-state index in [1.807, 2.05) is 51.1 Å². The second kappa shape index (κ2) is 9.03. The van der Waals surface area contributed by atoms with Crippen molar-refractivity contribution in [3.05, 3.63) is 54.1 Å². The Labute approximate surface area is 153 Å². The lowest BCUT2D eigenvalue weighted by molar-refractivity contribution is 0.0972. The maximum Gasteiger partial charge on any atom is 0.261 e. The van der Waals surface area contributed by atoms with E-state index in [0.717, 1.165) is 11.4 Å². The van der Waals surface area contributed by atoms with Crippen LogP contribution in [0.2, 0.25) is 0 Å². The Hall–Kier alpha value is -2.60. The van der Waals surface area contributed by atoms with Gasteiger partial charge in [0.1, 0.15) is 11.5 Å². The van der Waals surface area contributed by atoms with Gasteiger partial charge in [-0.25, -0.2) is 0 Å². The summed E-state index contributed by atoms with van der Waals surface area (Å²) >= 11 is 5.23. The Morgan fingerprint density at radius 3 is 2.64 bits per heavy atom. The molecule has 0 fully saturated rings. The van der Waals surface area contributed by atoms with Gasteiger partial charge in [-0.2, -0.15) is 0 Å². The molecule has 0 spiro atoms. The molecule has 0 radical (unpaired) electrons. The molecule has 0 unspecified atom stereocenters. The Morgan fingerprint density at radius 2 is 1.92 bits per heavy atom. The lowest BCUT2D eigenvalue weighted by Crippen LogP contribution is -2.34. The van der Waals surface area contributed by atoms with Crippen LogP contribution in [0.3, 0.4) is 0 Å². The summed E-state index contributed by atoms with van der Waals surface area (Å²) in [5.74, 6) is 0.933. The molecular formula is C19H22N2O3S. The first-order chi connectivity index (χ1) is 12.0. The third-order valence-electron chi connectivity index (χ3n) is 3.12. The number of nitrogens with one attached hydrogen (secondary N) is 2. The van der Waals surface area contributed by atoms with Gasteiger partial charge in [-0.1, -0.05) is 18.2 Å². The smallest absolute Gasteiger partial charge is 0.261 e. The van der Waals surface area contributed by atoms with E-state index in [0.29, 0.717) is 17.9 Å². The molecule has 0 aromatic heterocycles. The summed E-state index contributed by atoms with van der Waals surface area (Å²) in [4.78, 5) is 12.5. The number of amides is 1. The van der Waals surface area contributed by atoms with Crippen LogP contribution in [0.5, 0.6) is 11.5 Å². The van der Waals surface area contributed by atoms with Crippen molar-refractivity contribution < 1.29 is 14.3 Å². The van der Waals surface area contributed by atoms with Crippen LogP contribution in [0, 0.1) is 0 Å². The third-order valence-corrected chi connectivity index (χ3v) is 3.33. The van der Waals surface area contributed by atoms with Crippen molar-refractivity contribution in [2.24, 2.45) is 0 Å². The van der Waals surface area contributed by atoms with Crippen LogP contribution < -0.4 is 20.1 Å². The van der Waals surface area contributed by atoms with Crippen LogP contribution >= 0.6 is 12.2 Å². The number of hydrogen-bond acceptors (Lipinski definition) is 4. The molecule has 1 amide bonds. The van der Waals surface area contributed by atoms with E-state index in [-0.39, 0.29) is 17.1 Å². The van der Waals surface area contributed by atoms with Gasteiger partial charge in [0.25, 0.3) is 5.91 Å². The molecule has 6 heteroatoms. The number of thiocarbonyl (C=S) groups is 1. The van der Waals surface area contributed by atoms with Gasteiger partial charge in [0.2, 0.25) is 0 Å². The monoisotopic (exact) mass is 358 g/mol. The van der Waals surface area contributed by atoms with Crippen molar-refractivity contribution in [2.75, 3.05) is 11.9 Å². The first kappa shape index (κ1) is 18.7. The lowest BCUT2D eigenvalue weighted by atomic mass is 10.2. The van der Waals surface area contributed by atoms with E-state index in [9.17, 15) is 4.79 Å². The Morgan fingerprint density at radius 1 is 1.16 bits per heavy atom. The van der Waals surface area contributed by atoms with Crippen LogP contribution in [0.25, 0.3) is 0 Å². The van der Waals surface area contributed by atoms with Gasteiger partial charge in [-0.3, -0.25) is 10.1 Å². The fourth-order valence-corrected chi connectivity index (χ4v) is 2.38. The number of anilines is 1. The highest BCUT2D eigenvalue weighted by Crippen LogP contribution is 2.20. The fraction of sp³-hybridized carbons (Fsp3) is 0.263. The molecule has 2 aromatic carbocycles. The summed E-state index contributed by atoms with van der Waals surface area (Å²) in [5, 5.41) is 5.86. The van der Waals surface area contributed by atoms with Crippen molar-refractivity contribution in [3.63, 3.8) is 0 Å². The normalized spacial score (nSPS) is 10.2. The molecule has 25 heavy (non-hydrogen) atoms. The van der Waals surface area contributed by atoms with Gasteiger partial charge < -0.3 is 14.8 Å². The number of hydrogen-bond donors (Lipinski definition) is 2. The zero-order valence-electron chi connectivity index (χ0n) is 14.5. The number of carbonyl (C=O) groups is 1. The van der Waals surface area contributed by atoms with Gasteiger partial charge in [0, 0.05) is 11.8 Å². The quantitative estimate of drug-likeness (QED) is 0.765. The van der Waals surface area contributed by atoms with Crippen molar-refractivity contribution in [1.29, 1.82) is 0 Å². The van der Waals surface area contributed by atoms with E-state index >= 15 is 0 Å². The standard InChI is InChI=1S/C19H22N2O3S/c1-4-23-15-9-7-8-14(12-15)20-19(25)21-18(22)16-10-5-6-11-17(16)24-13(2)3/h5-13H,4H2,1-3H3,(H2,20,21,22,25). The molecule has 0 saturated heterocycles. The van der Waals surface area contributed by atoms with Crippen molar-refractivity contribution in [2.45, 2.75) is 26.9 Å². The average Bonchev–Trinajstić information content (AvgIpc) is 2.55. The summed E-state index contributed by atoms with van der Waals surface area (Å²) in [6.45, 7) is 6.32. The number of rotatable bonds is 6. The molecule has 132 valence electrons. The average molecular weight is 358 g/mol. The van der Waals surface area contributed by atoms with Crippen LogP contribution in [-0.2, 0) is 0 Å². The summed E-state index contributed by atoms with van der Waals surface area (Å²) in [6, 6.07) is 14.4. The summed E-state index contributed by atoms with van der Waals surface area (Å²) in [5.41, 5.74) is 1.17. The minimum Gasteiger partial charge on any atom is -0.494 e.